The molecular formula is C17H17NO. The van der Waals surface area contributed by atoms with Crippen LogP contribution in [0.3, 0.4) is 0 Å². The maximum absolute atomic E-state index is 5.32. The summed E-state index contributed by atoms with van der Waals surface area (Å²) in [6, 6.07) is 16.7. The fraction of sp³-hybridized carbons (Fsp3) is 0.176. The Labute approximate surface area is 113 Å². The maximum atomic E-state index is 5.32. The highest BCUT2D eigenvalue weighted by Crippen LogP contribution is 2.28. The fourth-order valence-electron chi connectivity index (χ4n) is 2.52. The van der Waals surface area contributed by atoms with Crippen molar-refractivity contribution in [2.24, 2.45) is 0 Å². The SMILES string of the molecule is COc1ccc2[nH]c(C)c(Cc3ccccc3)c2c1. The summed E-state index contributed by atoms with van der Waals surface area (Å²) < 4.78 is 5.32. The lowest BCUT2D eigenvalue weighted by atomic mass is 10.0. The zero-order valence-corrected chi connectivity index (χ0v) is 11.2. The highest BCUT2D eigenvalue weighted by atomic mass is 16.5. The number of aryl methyl sites for hydroxylation is 1. The average molecular weight is 251 g/mol. The zero-order valence-electron chi connectivity index (χ0n) is 11.2. The minimum atomic E-state index is 0.904. The van der Waals surface area contributed by atoms with Gasteiger partial charge in [-0.15, -0.1) is 0 Å². The molecular weight excluding hydrogens is 234 g/mol. The Bertz CT molecular complexity index is 698. The minimum Gasteiger partial charge on any atom is -0.497 e. The Morgan fingerprint density at radius 2 is 1.84 bits per heavy atom. The number of methoxy groups -OCH3 is 1. The van der Waals surface area contributed by atoms with Gasteiger partial charge >= 0.3 is 0 Å². The Morgan fingerprint density at radius 1 is 1.05 bits per heavy atom. The summed E-state index contributed by atoms with van der Waals surface area (Å²) in [4.78, 5) is 3.44. The molecule has 2 aromatic carbocycles. The molecule has 0 aliphatic rings. The van der Waals surface area contributed by atoms with Gasteiger partial charge in [0.2, 0.25) is 0 Å². The van der Waals surface area contributed by atoms with Crippen LogP contribution >= 0.6 is 0 Å². The van der Waals surface area contributed by atoms with E-state index in [4.69, 9.17) is 4.74 Å². The second-order valence-electron chi connectivity index (χ2n) is 4.80. The van der Waals surface area contributed by atoms with Crippen LogP contribution in [0.15, 0.2) is 48.5 Å². The Hall–Kier alpha value is -2.22. The van der Waals surface area contributed by atoms with Gasteiger partial charge in [-0.2, -0.15) is 0 Å². The summed E-state index contributed by atoms with van der Waals surface area (Å²) in [5.41, 5.74) is 5.07. The predicted octanol–water partition coefficient (Wildman–Crippen LogP) is 4.08. The van der Waals surface area contributed by atoms with Crippen molar-refractivity contribution < 1.29 is 4.74 Å². The third-order valence-electron chi connectivity index (χ3n) is 3.55. The quantitative estimate of drug-likeness (QED) is 0.745. The first-order valence-corrected chi connectivity index (χ1v) is 6.47. The first kappa shape index (κ1) is 11.8. The van der Waals surface area contributed by atoms with E-state index in [2.05, 4.69) is 54.4 Å². The number of ether oxygens (including phenoxy) is 1. The topological polar surface area (TPSA) is 25.0 Å². The molecule has 0 spiro atoms. The summed E-state index contributed by atoms with van der Waals surface area (Å²) in [7, 11) is 1.71. The number of hydrogen-bond acceptors (Lipinski definition) is 1. The van der Waals surface area contributed by atoms with Gasteiger partial charge in [-0.1, -0.05) is 30.3 Å². The number of rotatable bonds is 3. The third-order valence-corrected chi connectivity index (χ3v) is 3.55. The van der Waals surface area contributed by atoms with Gasteiger partial charge in [-0.05, 0) is 42.7 Å². The largest absolute Gasteiger partial charge is 0.497 e. The van der Waals surface area contributed by atoms with Crippen LogP contribution < -0.4 is 4.74 Å². The number of benzene rings is 2. The van der Waals surface area contributed by atoms with E-state index in [1.807, 2.05) is 6.07 Å². The molecule has 0 aliphatic heterocycles. The van der Waals surface area contributed by atoms with E-state index in [0.717, 1.165) is 12.2 Å². The van der Waals surface area contributed by atoms with Crippen LogP contribution in [0.1, 0.15) is 16.8 Å². The highest BCUT2D eigenvalue weighted by molar-refractivity contribution is 5.86. The lowest BCUT2D eigenvalue weighted by Crippen LogP contribution is -1.89. The van der Waals surface area contributed by atoms with Crippen molar-refractivity contribution in [3.8, 4) is 5.75 Å². The molecule has 96 valence electrons. The van der Waals surface area contributed by atoms with Crippen molar-refractivity contribution in [3.63, 3.8) is 0 Å². The molecule has 0 saturated heterocycles. The van der Waals surface area contributed by atoms with Gasteiger partial charge in [-0.3, -0.25) is 0 Å². The molecule has 0 fully saturated rings. The molecule has 0 amide bonds. The number of H-pyrrole nitrogens is 1. The fourth-order valence-corrected chi connectivity index (χ4v) is 2.52. The van der Waals surface area contributed by atoms with E-state index in [9.17, 15) is 0 Å². The van der Waals surface area contributed by atoms with Crippen molar-refractivity contribution in [2.75, 3.05) is 7.11 Å². The summed E-state index contributed by atoms with van der Waals surface area (Å²) in [6.07, 6.45) is 0.944. The number of aromatic amines is 1. The van der Waals surface area contributed by atoms with E-state index in [-0.39, 0.29) is 0 Å². The second kappa shape index (κ2) is 4.81. The maximum Gasteiger partial charge on any atom is 0.119 e. The zero-order chi connectivity index (χ0) is 13.2. The first-order valence-electron chi connectivity index (χ1n) is 6.47. The monoisotopic (exact) mass is 251 g/mol. The van der Waals surface area contributed by atoms with Gasteiger partial charge in [-0.25, -0.2) is 0 Å². The molecule has 0 aliphatic carbocycles. The molecule has 1 N–H and O–H groups in total. The van der Waals surface area contributed by atoms with Gasteiger partial charge in [0.1, 0.15) is 5.75 Å². The van der Waals surface area contributed by atoms with Gasteiger partial charge < -0.3 is 9.72 Å². The standard InChI is InChI=1S/C17H17NO/c1-12-15(10-13-6-4-3-5-7-13)16-11-14(19-2)8-9-17(16)18-12/h3-9,11,18H,10H2,1-2H3. The number of aromatic nitrogens is 1. The van der Waals surface area contributed by atoms with Crippen molar-refractivity contribution >= 4 is 10.9 Å². The predicted molar refractivity (Wildman–Crippen MR) is 78.8 cm³/mol. The summed E-state index contributed by atoms with van der Waals surface area (Å²) in [6.45, 7) is 2.13. The molecule has 0 bridgehead atoms. The van der Waals surface area contributed by atoms with Crippen LogP contribution in [0.4, 0.5) is 0 Å². The van der Waals surface area contributed by atoms with E-state index in [1.165, 1.54) is 27.7 Å². The third kappa shape index (κ3) is 2.22. The second-order valence-corrected chi connectivity index (χ2v) is 4.80. The van der Waals surface area contributed by atoms with Crippen LogP contribution in [0.5, 0.6) is 5.75 Å². The Morgan fingerprint density at radius 3 is 2.58 bits per heavy atom. The minimum absolute atomic E-state index is 0.904. The van der Waals surface area contributed by atoms with Crippen LogP contribution in [0.2, 0.25) is 0 Å². The molecule has 0 radical (unpaired) electrons. The molecule has 0 saturated carbocycles. The van der Waals surface area contributed by atoms with Crippen molar-refractivity contribution in [2.45, 2.75) is 13.3 Å². The van der Waals surface area contributed by atoms with Crippen LogP contribution in [0, 0.1) is 6.92 Å². The van der Waals surface area contributed by atoms with Gasteiger partial charge in [0.05, 0.1) is 7.11 Å². The summed E-state index contributed by atoms with van der Waals surface area (Å²) >= 11 is 0. The lowest BCUT2D eigenvalue weighted by molar-refractivity contribution is 0.415. The average Bonchev–Trinajstić information content (AvgIpc) is 2.76. The molecule has 2 heteroatoms. The molecule has 1 aromatic heterocycles. The number of nitrogens with one attached hydrogen (secondary N) is 1. The van der Waals surface area contributed by atoms with Crippen molar-refractivity contribution in [3.05, 3.63) is 65.4 Å². The van der Waals surface area contributed by atoms with E-state index in [1.54, 1.807) is 7.11 Å². The molecule has 2 nitrogen and oxygen atoms in total. The van der Waals surface area contributed by atoms with Crippen LogP contribution in [0.25, 0.3) is 10.9 Å². The van der Waals surface area contributed by atoms with E-state index in [0.29, 0.717) is 0 Å². The van der Waals surface area contributed by atoms with Crippen LogP contribution in [-0.2, 0) is 6.42 Å². The van der Waals surface area contributed by atoms with Crippen molar-refractivity contribution in [1.29, 1.82) is 0 Å². The summed E-state index contributed by atoms with van der Waals surface area (Å²) in [5.74, 6) is 0.904. The lowest BCUT2D eigenvalue weighted by Gasteiger charge is -2.03. The number of hydrogen-bond donors (Lipinski definition) is 1. The molecule has 3 aromatic rings. The van der Waals surface area contributed by atoms with Crippen LogP contribution in [-0.4, -0.2) is 12.1 Å². The molecule has 0 atom stereocenters. The first-order chi connectivity index (χ1) is 9.28. The van der Waals surface area contributed by atoms with E-state index >= 15 is 0 Å². The van der Waals surface area contributed by atoms with Gasteiger partial charge in [0.15, 0.2) is 0 Å². The number of fused-ring (bicyclic) bond motifs is 1. The smallest absolute Gasteiger partial charge is 0.119 e. The van der Waals surface area contributed by atoms with Gasteiger partial charge in [0.25, 0.3) is 0 Å². The molecule has 3 rings (SSSR count). The molecule has 0 unspecified atom stereocenters. The molecule has 1 heterocycles. The Balaban J connectivity index is 2.09. The Kier molecular flexibility index (Phi) is 3.00. The van der Waals surface area contributed by atoms with Crippen molar-refractivity contribution in [1.82, 2.24) is 4.98 Å². The summed E-state index contributed by atoms with van der Waals surface area (Å²) in [5, 5.41) is 1.25. The van der Waals surface area contributed by atoms with Gasteiger partial charge in [0, 0.05) is 16.6 Å². The molecule has 19 heavy (non-hydrogen) atoms. The van der Waals surface area contributed by atoms with E-state index < -0.39 is 0 Å². The normalized spacial score (nSPS) is 10.8. The highest BCUT2D eigenvalue weighted by Gasteiger charge is 2.09.